The van der Waals surface area contributed by atoms with Gasteiger partial charge in [0, 0.05) is 0 Å². The van der Waals surface area contributed by atoms with Crippen molar-refractivity contribution in [3.63, 3.8) is 0 Å². The number of aliphatic hydroxyl groups is 1. The molecule has 0 radical (unpaired) electrons. The maximum Gasteiger partial charge on any atom is 0.338 e. The first-order valence-corrected chi connectivity index (χ1v) is 8.21. The smallest absolute Gasteiger partial charge is 0.338 e. The van der Waals surface area contributed by atoms with Crippen LogP contribution >= 0.6 is 27.3 Å². The normalized spacial score (nSPS) is 10.7. The van der Waals surface area contributed by atoms with Crippen LogP contribution in [0, 0.1) is 0 Å². The lowest BCUT2D eigenvalue weighted by Gasteiger charge is -2.02. The van der Waals surface area contributed by atoms with Gasteiger partial charge in [-0.1, -0.05) is 12.1 Å². The van der Waals surface area contributed by atoms with Crippen molar-refractivity contribution in [2.45, 2.75) is 13.2 Å². The van der Waals surface area contributed by atoms with Gasteiger partial charge in [-0.2, -0.15) is 0 Å². The Bertz CT molecular complexity index is 813. The number of esters is 1. The molecule has 0 saturated heterocycles. The Morgan fingerprint density at radius 3 is 2.65 bits per heavy atom. The van der Waals surface area contributed by atoms with Crippen molar-refractivity contribution < 1.29 is 19.1 Å². The van der Waals surface area contributed by atoms with Crippen molar-refractivity contribution in [2.24, 2.45) is 0 Å². The number of hydrogen-bond acceptors (Lipinski definition) is 7. The highest BCUT2D eigenvalue weighted by Crippen LogP contribution is 2.30. The first-order chi connectivity index (χ1) is 11.2. The molecule has 1 aromatic carbocycles. The summed E-state index contributed by atoms with van der Waals surface area (Å²) in [6, 6.07) is 10.3. The molecule has 8 heteroatoms. The van der Waals surface area contributed by atoms with E-state index in [0.717, 1.165) is 14.2 Å². The molecule has 23 heavy (non-hydrogen) atoms. The van der Waals surface area contributed by atoms with E-state index in [2.05, 4.69) is 26.1 Å². The Kier molecular flexibility index (Phi) is 4.85. The van der Waals surface area contributed by atoms with Crippen molar-refractivity contribution in [3.05, 3.63) is 57.2 Å². The van der Waals surface area contributed by atoms with Crippen molar-refractivity contribution in [3.8, 4) is 10.8 Å². The first kappa shape index (κ1) is 15.9. The zero-order valence-electron chi connectivity index (χ0n) is 11.7. The Hall–Kier alpha value is -2.03. The van der Waals surface area contributed by atoms with Crippen molar-refractivity contribution in [1.82, 2.24) is 10.2 Å². The summed E-state index contributed by atoms with van der Waals surface area (Å²) in [6.07, 6.45) is 0. The average molecular weight is 395 g/mol. The van der Waals surface area contributed by atoms with E-state index in [1.54, 1.807) is 24.3 Å². The number of thiophene rings is 1. The second kappa shape index (κ2) is 7.03. The van der Waals surface area contributed by atoms with Crippen LogP contribution in [0.15, 0.2) is 44.6 Å². The second-order valence-corrected chi connectivity index (χ2v) is 7.00. The van der Waals surface area contributed by atoms with E-state index in [1.165, 1.54) is 11.3 Å². The molecule has 0 atom stereocenters. The van der Waals surface area contributed by atoms with Crippen LogP contribution in [0.3, 0.4) is 0 Å². The number of carbonyl (C=O) groups excluding carboxylic acids is 1. The third kappa shape index (κ3) is 3.84. The van der Waals surface area contributed by atoms with E-state index in [0.29, 0.717) is 11.5 Å². The van der Waals surface area contributed by atoms with E-state index >= 15 is 0 Å². The highest BCUT2D eigenvalue weighted by Gasteiger charge is 2.13. The van der Waals surface area contributed by atoms with Crippen LogP contribution in [0.25, 0.3) is 10.8 Å². The van der Waals surface area contributed by atoms with E-state index in [4.69, 9.17) is 14.3 Å². The molecule has 0 aliphatic carbocycles. The molecule has 0 aliphatic rings. The largest absolute Gasteiger partial charge is 0.452 e. The summed E-state index contributed by atoms with van der Waals surface area (Å²) < 4.78 is 11.6. The first-order valence-electron chi connectivity index (χ1n) is 6.61. The molecule has 118 valence electrons. The second-order valence-electron chi connectivity index (χ2n) is 4.54. The molecule has 0 spiro atoms. The van der Waals surface area contributed by atoms with E-state index in [-0.39, 0.29) is 19.1 Å². The molecule has 2 heterocycles. The summed E-state index contributed by atoms with van der Waals surface area (Å²) in [5.41, 5.74) is 1.12. The van der Waals surface area contributed by atoms with Crippen LogP contribution in [0.2, 0.25) is 0 Å². The third-order valence-electron chi connectivity index (χ3n) is 2.95. The van der Waals surface area contributed by atoms with Gasteiger partial charge in [-0.3, -0.25) is 0 Å². The van der Waals surface area contributed by atoms with Crippen LogP contribution in [0.1, 0.15) is 21.8 Å². The summed E-state index contributed by atoms with van der Waals surface area (Å²) in [5, 5.41) is 16.8. The van der Waals surface area contributed by atoms with Crippen LogP contribution in [0.5, 0.6) is 0 Å². The summed E-state index contributed by atoms with van der Waals surface area (Å²) >= 11 is 4.84. The van der Waals surface area contributed by atoms with Gasteiger partial charge in [-0.15, -0.1) is 21.5 Å². The van der Waals surface area contributed by atoms with Crippen molar-refractivity contribution in [2.75, 3.05) is 0 Å². The molecule has 6 nitrogen and oxygen atoms in total. The molecular weight excluding hydrogens is 384 g/mol. The van der Waals surface area contributed by atoms with Crippen LogP contribution in [-0.4, -0.2) is 21.3 Å². The minimum Gasteiger partial charge on any atom is -0.452 e. The molecule has 0 saturated carbocycles. The van der Waals surface area contributed by atoms with Crippen molar-refractivity contribution >= 4 is 33.2 Å². The number of aliphatic hydroxyl groups excluding tert-OH is 1. The summed E-state index contributed by atoms with van der Waals surface area (Å²) in [7, 11) is 0. The summed E-state index contributed by atoms with van der Waals surface area (Å²) in [6.45, 7) is -0.168. The fourth-order valence-corrected chi connectivity index (χ4v) is 3.10. The zero-order valence-corrected chi connectivity index (χ0v) is 14.1. The van der Waals surface area contributed by atoms with Crippen LogP contribution in [0.4, 0.5) is 0 Å². The monoisotopic (exact) mass is 394 g/mol. The van der Waals surface area contributed by atoms with Gasteiger partial charge in [0.05, 0.1) is 20.8 Å². The molecule has 1 N–H and O–H groups in total. The van der Waals surface area contributed by atoms with Gasteiger partial charge >= 0.3 is 5.97 Å². The Balaban J connectivity index is 1.61. The lowest BCUT2D eigenvalue weighted by atomic mass is 10.1. The van der Waals surface area contributed by atoms with E-state index < -0.39 is 5.97 Å². The van der Waals surface area contributed by atoms with Crippen LogP contribution in [-0.2, 0) is 18.0 Å². The summed E-state index contributed by atoms with van der Waals surface area (Å²) in [5.74, 6) is 0.122. The number of benzene rings is 1. The number of aromatic nitrogens is 2. The number of hydrogen-bond donors (Lipinski definition) is 1. The molecule has 0 aliphatic heterocycles. The predicted octanol–water partition coefficient (Wildman–Crippen LogP) is 3.41. The van der Waals surface area contributed by atoms with E-state index in [1.807, 2.05) is 12.1 Å². The van der Waals surface area contributed by atoms with Gasteiger partial charge in [-0.25, -0.2) is 4.79 Å². The molecule has 2 aromatic heterocycles. The highest BCUT2D eigenvalue weighted by molar-refractivity contribution is 9.11. The van der Waals surface area contributed by atoms with E-state index in [9.17, 15) is 4.79 Å². The van der Waals surface area contributed by atoms with Gasteiger partial charge in [0.25, 0.3) is 11.8 Å². The third-order valence-corrected chi connectivity index (χ3v) is 4.56. The van der Waals surface area contributed by atoms with Gasteiger partial charge in [-0.05, 0) is 45.8 Å². The maximum atomic E-state index is 11.9. The SMILES string of the molecule is O=C(OCc1nnc(-c2ccc(Br)s2)o1)c1ccc(CO)cc1. The molecule has 0 amide bonds. The molecule has 0 unspecified atom stereocenters. The molecule has 3 aromatic rings. The lowest BCUT2D eigenvalue weighted by molar-refractivity contribution is 0.0438. The Morgan fingerprint density at radius 2 is 2.00 bits per heavy atom. The minimum atomic E-state index is -0.492. The molecular formula is C15H11BrN2O4S. The quantitative estimate of drug-likeness (QED) is 0.667. The number of halogens is 1. The number of carbonyl (C=O) groups is 1. The lowest BCUT2D eigenvalue weighted by Crippen LogP contribution is -2.05. The minimum absolute atomic E-state index is 0.0705. The number of nitrogens with zero attached hydrogens (tertiary/aromatic N) is 2. The maximum absolute atomic E-state index is 11.9. The Morgan fingerprint density at radius 1 is 1.22 bits per heavy atom. The zero-order chi connectivity index (χ0) is 16.2. The van der Waals surface area contributed by atoms with Gasteiger partial charge in [0.15, 0.2) is 6.61 Å². The van der Waals surface area contributed by atoms with Gasteiger partial charge in [0.2, 0.25) is 0 Å². The van der Waals surface area contributed by atoms with Crippen LogP contribution < -0.4 is 0 Å². The molecule has 0 bridgehead atoms. The fourth-order valence-electron chi connectivity index (χ4n) is 1.80. The average Bonchev–Trinajstić information content (AvgIpc) is 3.21. The molecule has 0 fully saturated rings. The molecule has 3 rings (SSSR count). The van der Waals surface area contributed by atoms with Crippen molar-refractivity contribution in [1.29, 1.82) is 0 Å². The van der Waals surface area contributed by atoms with Gasteiger partial charge in [0.1, 0.15) is 0 Å². The Labute approximate surface area is 143 Å². The number of rotatable bonds is 5. The topological polar surface area (TPSA) is 85.5 Å². The summed E-state index contributed by atoms with van der Waals surface area (Å²) in [4.78, 5) is 12.8. The van der Waals surface area contributed by atoms with Gasteiger partial charge < -0.3 is 14.3 Å². The highest BCUT2D eigenvalue weighted by atomic mass is 79.9. The predicted molar refractivity (Wildman–Crippen MR) is 86.8 cm³/mol. The standard InChI is InChI=1S/C15H11BrN2O4S/c16-12-6-5-11(23-12)14-18-17-13(22-14)8-21-15(20)10-3-1-9(7-19)2-4-10/h1-6,19H,7-8H2. The number of ether oxygens (including phenoxy) is 1. The fraction of sp³-hybridized carbons (Fsp3) is 0.133.